The Labute approximate surface area is 179 Å². The molecule has 2 atom stereocenters. The van der Waals surface area contributed by atoms with Crippen LogP contribution in [0, 0.1) is 5.82 Å². The summed E-state index contributed by atoms with van der Waals surface area (Å²) in [5, 5.41) is 2.96. The highest BCUT2D eigenvalue weighted by Crippen LogP contribution is 2.38. The van der Waals surface area contributed by atoms with Crippen LogP contribution in [0.1, 0.15) is 46.1 Å². The van der Waals surface area contributed by atoms with Gasteiger partial charge in [0.05, 0.1) is 23.8 Å². The molecule has 1 saturated heterocycles. The Balaban J connectivity index is 0.00000420. The summed E-state index contributed by atoms with van der Waals surface area (Å²) in [5.74, 6) is -0.904. The van der Waals surface area contributed by atoms with E-state index < -0.39 is 24.4 Å². The van der Waals surface area contributed by atoms with Gasteiger partial charge in [-0.3, -0.25) is 4.79 Å². The molecule has 0 bridgehead atoms. The van der Waals surface area contributed by atoms with Gasteiger partial charge in [0, 0.05) is 7.11 Å². The van der Waals surface area contributed by atoms with Gasteiger partial charge in [0.25, 0.3) is 0 Å². The molecule has 1 heterocycles. The number of hydrogen-bond acceptors (Lipinski definition) is 5. The van der Waals surface area contributed by atoms with Crippen LogP contribution in [0.2, 0.25) is 0 Å². The van der Waals surface area contributed by atoms with E-state index in [2.05, 4.69) is 5.32 Å². The molecule has 1 unspecified atom stereocenters. The summed E-state index contributed by atoms with van der Waals surface area (Å²) in [6.07, 6.45) is 2.18. The number of rotatable bonds is 9. The summed E-state index contributed by atoms with van der Waals surface area (Å²) in [5.41, 5.74) is 5.91. The topological polar surface area (TPSA) is 82.8 Å². The van der Waals surface area contributed by atoms with Crippen LogP contribution in [0.25, 0.3) is 0 Å². The largest absolute Gasteiger partial charge is 0.481 e. The van der Waals surface area contributed by atoms with Crippen molar-refractivity contribution >= 4 is 25.4 Å². The summed E-state index contributed by atoms with van der Waals surface area (Å²) in [6.45, 7) is 8.03. The van der Waals surface area contributed by atoms with E-state index in [9.17, 15) is 9.18 Å². The van der Waals surface area contributed by atoms with Gasteiger partial charge in [-0.1, -0.05) is 12.1 Å². The van der Waals surface area contributed by atoms with Crippen LogP contribution in [-0.4, -0.2) is 49.9 Å². The Morgan fingerprint density at radius 2 is 1.76 bits per heavy atom. The number of nitrogens with two attached hydrogens (primary N) is 1. The van der Waals surface area contributed by atoms with Crippen molar-refractivity contribution < 1.29 is 23.2 Å². The molecule has 0 radical (unpaired) electrons. The van der Waals surface area contributed by atoms with E-state index >= 15 is 0 Å². The van der Waals surface area contributed by atoms with Crippen molar-refractivity contribution in [2.75, 3.05) is 13.7 Å². The van der Waals surface area contributed by atoms with E-state index in [1.807, 2.05) is 27.7 Å². The minimum atomic E-state index is -0.757. The fourth-order valence-corrected chi connectivity index (χ4v) is 3.05. The number of hydrogen-bond donors (Lipinski definition) is 2. The first kappa shape index (κ1) is 25.9. The molecule has 0 saturated carbocycles. The van der Waals surface area contributed by atoms with Gasteiger partial charge in [-0.15, -0.1) is 12.4 Å². The van der Waals surface area contributed by atoms with Gasteiger partial charge in [0.15, 0.2) is 0 Å². The maximum atomic E-state index is 13.1. The molecule has 9 heteroatoms. The van der Waals surface area contributed by atoms with Crippen molar-refractivity contribution in [3.63, 3.8) is 0 Å². The van der Waals surface area contributed by atoms with E-state index in [4.69, 9.17) is 19.8 Å². The van der Waals surface area contributed by atoms with Crippen LogP contribution >= 0.6 is 12.4 Å². The van der Waals surface area contributed by atoms with Crippen LogP contribution < -0.4 is 11.1 Å². The molecule has 1 aliphatic heterocycles. The lowest BCUT2D eigenvalue weighted by Gasteiger charge is -2.32. The zero-order valence-electron chi connectivity index (χ0n) is 17.9. The SMILES string of the molecule is COCC(N)C(=O)N[C@@H](CCCc1ccc(F)cc1)B1OC(C)(C)C(C)(C)O1.Cl. The van der Waals surface area contributed by atoms with Crippen molar-refractivity contribution in [1.29, 1.82) is 0 Å². The van der Waals surface area contributed by atoms with E-state index in [1.165, 1.54) is 19.2 Å². The lowest BCUT2D eigenvalue weighted by molar-refractivity contribution is -0.123. The average molecular weight is 431 g/mol. The molecular weight excluding hydrogens is 397 g/mol. The molecule has 1 amide bonds. The zero-order chi connectivity index (χ0) is 20.9. The third-order valence-electron chi connectivity index (χ3n) is 5.50. The minimum Gasteiger partial charge on any atom is -0.402 e. The summed E-state index contributed by atoms with van der Waals surface area (Å²) in [6, 6.07) is 5.68. The number of nitrogens with one attached hydrogen (secondary N) is 1. The van der Waals surface area contributed by atoms with Crippen molar-refractivity contribution in [2.45, 2.75) is 70.1 Å². The highest BCUT2D eigenvalue weighted by molar-refractivity contribution is 6.48. The predicted octanol–water partition coefficient (Wildman–Crippen LogP) is 2.66. The van der Waals surface area contributed by atoms with E-state index in [-0.39, 0.29) is 36.7 Å². The van der Waals surface area contributed by atoms with Crippen LogP contribution in [0.3, 0.4) is 0 Å². The fraction of sp³-hybridized carbons (Fsp3) is 0.650. The number of benzene rings is 1. The molecule has 0 aromatic heterocycles. The van der Waals surface area contributed by atoms with Crippen molar-refractivity contribution in [3.8, 4) is 0 Å². The van der Waals surface area contributed by atoms with Gasteiger partial charge in [-0.25, -0.2) is 4.39 Å². The Kier molecular flexibility index (Phi) is 9.56. The van der Waals surface area contributed by atoms with Crippen molar-refractivity contribution in [2.24, 2.45) is 5.73 Å². The summed E-state index contributed by atoms with van der Waals surface area (Å²) >= 11 is 0. The molecule has 0 aliphatic carbocycles. The summed E-state index contributed by atoms with van der Waals surface area (Å²) < 4.78 is 30.3. The van der Waals surface area contributed by atoms with E-state index in [0.29, 0.717) is 6.42 Å². The number of carbonyl (C=O) groups excluding carboxylic acids is 1. The van der Waals surface area contributed by atoms with Gasteiger partial charge in [-0.05, 0) is 64.7 Å². The summed E-state index contributed by atoms with van der Waals surface area (Å²) in [7, 11) is 0.929. The fourth-order valence-electron chi connectivity index (χ4n) is 3.05. The molecule has 3 N–H and O–H groups in total. The molecular formula is C20H33BClFN2O4. The zero-order valence-corrected chi connectivity index (χ0v) is 18.7. The highest BCUT2D eigenvalue weighted by atomic mass is 35.5. The maximum Gasteiger partial charge on any atom is 0.481 e. The molecule has 1 aromatic rings. The lowest BCUT2D eigenvalue weighted by atomic mass is 9.75. The molecule has 6 nitrogen and oxygen atoms in total. The first-order chi connectivity index (χ1) is 13.1. The molecule has 1 fully saturated rings. The Morgan fingerprint density at radius 1 is 1.21 bits per heavy atom. The molecule has 164 valence electrons. The highest BCUT2D eigenvalue weighted by Gasteiger charge is 2.54. The van der Waals surface area contributed by atoms with Gasteiger partial charge >= 0.3 is 7.12 Å². The van der Waals surface area contributed by atoms with Crippen molar-refractivity contribution in [3.05, 3.63) is 35.6 Å². The smallest absolute Gasteiger partial charge is 0.402 e. The number of methoxy groups -OCH3 is 1. The van der Waals surface area contributed by atoms with Crippen molar-refractivity contribution in [1.82, 2.24) is 5.32 Å². The first-order valence-corrected chi connectivity index (χ1v) is 9.71. The maximum absolute atomic E-state index is 13.1. The first-order valence-electron chi connectivity index (χ1n) is 9.71. The third-order valence-corrected chi connectivity index (χ3v) is 5.50. The van der Waals surface area contributed by atoms with Crippen LogP contribution in [0.4, 0.5) is 4.39 Å². The monoisotopic (exact) mass is 430 g/mol. The molecule has 0 spiro atoms. The number of ether oxygens (including phenoxy) is 1. The molecule has 2 rings (SSSR count). The van der Waals surface area contributed by atoms with E-state index in [1.54, 1.807) is 12.1 Å². The predicted molar refractivity (Wildman–Crippen MR) is 114 cm³/mol. The second-order valence-corrected chi connectivity index (χ2v) is 8.32. The number of aryl methyl sites for hydroxylation is 1. The number of amides is 1. The van der Waals surface area contributed by atoms with E-state index in [0.717, 1.165) is 18.4 Å². The van der Waals surface area contributed by atoms with Crippen LogP contribution in [0.15, 0.2) is 24.3 Å². The average Bonchev–Trinajstić information content (AvgIpc) is 2.83. The minimum absolute atomic E-state index is 0. The Morgan fingerprint density at radius 3 is 2.28 bits per heavy atom. The second-order valence-electron chi connectivity index (χ2n) is 8.32. The number of halogens is 2. The number of carbonyl (C=O) groups is 1. The molecule has 1 aliphatic rings. The summed E-state index contributed by atoms with van der Waals surface area (Å²) in [4.78, 5) is 12.4. The molecule has 29 heavy (non-hydrogen) atoms. The van der Waals surface area contributed by atoms with Gasteiger partial charge in [0.2, 0.25) is 5.91 Å². The third kappa shape index (κ3) is 6.93. The van der Waals surface area contributed by atoms with Gasteiger partial charge in [-0.2, -0.15) is 0 Å². The Hall–Kier alpha value is -1.19. The van der Waals surface area contributed by atoms with Crippen LogP contribution in [0.5, 0.6) is 0 Å². The molecule has 1 aromatic carbocycles. The Bertz CT molecular complexity index is 644. The second kappa shape index (κ2) is 10.7. The van der Waals surface area contributed by atoms with Crippen LogP contribution in [-0.2, 0) is 25.3 Å². The normalized spacial score (nSPS) is 19.3. The van der Waals surface area contributed by atoms with Gasteiger partial charge in [0.1, 0.15) is 11.9 Å². The lowest BCUT2D eigenvalue weighted by Crippen LogP contribution is -2.53. The standard InChI is InChI=1S/C20H32BFN2O4.ClH/c1-19(2)20(3,4)28-21(27-19)17(24-18(25)16(23)13-26-5)8-6-7-14-9-11-15(22)12-10-14;/h9-12,16-17H,6-8,13,23H2,1-5H3,(H,24,25);1H/t16?,17-;/m0./s1. The quantitative estimate of drug-likeness (QED) is 0.589. The van der Waals surface area contributed by atoms with Gasteiger partial charge < -0.3 is 25.1 Å².